The Balaban J connectivity index is 1.69. The van der Waals surface area contributed by atoms with E-state index in [-0.39, 0.29) is 18.7 Å². The number of ether oxygens (including phenoxy) is 1. The maximum Gasteiger partial charge on any atom is 0.318 e. The average Bonchev–Trinajstić information content (AvgIpc) is 3.42. The molecule has 2 fully saturated rings. The van der Waals surface area contributed by atoms with E-state index in [9.17, 15) is 4.79 Å². The first-order valence-electron chi connectivity index (χ1n) is 8.05. The molecule has 5 nitrogen and oxygen atoms in total. The van der Waals surface area contributed by atoms with E-state index in [2.05, 4.69) is 5.32 Å². The van der Waals surface area contributed by atoms with E-state index >= 15 is 0 Å². The third kappa shape index (κ3) is 3.53. The van der Waals surface area contributed by atoms with E-state index in [1.807, 2.05) is 24.3 Å². The number of nitrogens with zero attached hydrogens (tertiary/aromatic N) is 1. The lowest BCUT2D eigenvalue weighted by molar-refractivity contribution is 0.169. The Labute approximate surface area is 131 Å². The zero-order chi connectivity index (χ0) is 15.5. The minimum Gasteiger partial charge on any atom is -0.497 e. The summed E-state index contributed by atoms with van der Waals surface area (Å²) >= 11 is 0. The molecule has 0 radical (unpaired) electrons. The van der Waals surface area contributed by atoms with Crippen molar-refractivity contribution >= 4 is 6.03 Å². The molecule has 0 aliphatic heterocycles. The molecule has 3 rings (SSSR count). The number of urea groups is 1. The number of carbonyl (C=O) groups excluding carboxylic acids is 1. The molecule has 1 aromatic rings. The standard InChI is InChI=1S/C17H24N2O3/c1-22-15-8-4-13(5-9-15)16(12-2-3-12)18-17(21)19(10-11-20)14-6-7-14/h4-5,8-9,12,14,16,20H,2-3,6-7,10-11H2,1H3,(H,18,21). The number of aliphatic hydroxyl groups excluding tert-OH is 1. The van der Waals surface area contributed by atoms with Crippen molar-refractivity contribution in [3.8, 4) is 5.75 Å². The largest absolute Gasteiger partial charge is 0.497 e. The van der Waals surface area contributed by atoms with Gasteiger partial charge in [0, 0.05) is 12.6 Å². The van der Waals surface area contributed by atoms with Crippen LogP contribution < -0.4 is 10.1 Å². The van der Waals surface area contributed by atoms with Gasteiger partial charge in [-0.05, 0) is 49.3 Å². The van der Waals surface area contributed by atoms with E-state index in [1.165, 1.54) is 0 Å². The molecule has 2 aliphatic rings. The first kappa shape index (κ1) is 15.2. The van der Waals surface area contributed by atoms with Gasteiger partial charge < -0.3 is 20.1 Å². The topological polar surface area (TPSA) is 61.8 Å². The quantitative estimate of drug-likeness (QED) is 0.812. The summed E-state index contributed by atoms with van der Waals surface area (Å²) in [5.74, 6) is 1.34. The fourth-order valence-electron chi connectivity index (χ4n) is 2.87. The lowest BCUT2D eigenvalue weighted by atomic mass is 10.0. The molecule has 1 atom stereocenters. The fourth-order valence-corrected chi connectivity index (χ4v) is 2.87. The second kappa shape index (κ2) is 6.57. The summed E-state index contributed by atoms with van der Waals surface area (Å²) in [7, 11) is 1.65. The van der Waals surface area contributed by atoms with Gasteiger partial charge in [-0.15, -0.1) is 0 Å². The van der Waals surface area contributed by atoms with E-state index in [0.717, 1.165) is 37.0 Å². The van der Waals surface area contributed by atoms with Gasteiger partial charge in [0.05, 0.1) is 19.8 Å². The highest BCUT2D eigenvalue weighted by Crippen LogP contribution is 2.41. The highest BCUT2D eigenvalue weighted by atomic mass is 16.5. The second-order valence-corrected chi connectivity index (χ2v) is 6.19. The van der Waals surface area contributed by atoms with Crippen molar-refractivity contribution in [1.29, 1.82) is 0 Å². The minimum atomic E-state index is -0.0516. The Morgan fingerprint density at radius 3 is 2.50 bits per heavy atom. The normalized spacial score (nSPS) is 18.6. The van der Waals surface area contributed by atoms with Crippen molar-refractivity contribution in [2.75, 3.05) is 20.3 Å². The molecule has 2 amide bonds. The number of aliphatic hydroxyl groups is 1. The Hall–Kier alpha value is -1.75. The van der Waals surface area contributed by atoms with Crippen LogP contribution in [-0.2, 0) is 0 Å². The summed E-state index contributed by atoms with van der Waals surface area (Å²) in [6.45, 7) is 0.428. The van der Waals surface area contributed by atoms with E-state index < -0.39 is 0 Å². The number of benzene rings is 1. The van der Waals surface area contributed by atoms with Crippen LogP contribution >= 0.6 is 0 Å². The van der Waals surface area contributed by atoms with Gasteiger partial charge in [0.15, 0.2) is 0 Å². The number of nitrogens with one attached hydrogen (secondary N) is 1. The van der Waals surface area contributed by atoms with Crippen molar-refractivity contribution in [2.45, 2.75) is 37.8 Å². The third-order valence-electron chi connectivity index (χ3n) is 4.44. The number of rotatable bonds is 7. The first-order valence-corrected chi connectivity index (χ1v) is 8.05. The number of methoxy groups -OCH3 is 1. The summed E-state index contributed by atoms with van der Waals surface area (Å²) in [5.41, 5.74) is 1.12. The number of hydrogen-bond acceptors (Lipinski definition) is 3. The summed E-state index contributed by atoms with van der Waals surface area (Å²) in [5, 5.41) is 12.3. The maximum absolute atomic E-state index is 12.5. The van der Waals surface area contributed by atoms with Gasteiger partial charge in [0.2, 0.25) is 0 Å². The fraction of sp³-hybridized carbons (Fsp3) is 0.588. The molecule has 2 N–H and O–H groups in total. The van der Waals surface area contributed by atoms with Gasteiger partial charge in [-0.3, -0.25) is 0 Å². The SMILES string of the molecule is COc1ccc(C(NC(=O)N(CCO)C2CC2)C2CC2)cc1. The van der Waals surface area contributed by atoms with Crippen LogP contribution in [0.3, 0.4) is 0 Å². The maximum atomic E-state index is 12.5. The van der Waals surface area contributed by atoms with Crippen molar-refractivity contribution < 1.29 is 14.6 Å². The molecular formula is C17H24N2O3. The smallest absolute Gasteiger partial charge is 0.318 e. The highest BCUT2D eigenvalue weighted by Gasteiger charge is 2.37. The molecular weight excluding hydrogens is 280 g/mol. The molecule has 1 aromatic carbocycles. The van der Waals surface area contributed by atoms with Gasteiger partial charge in [0.25, 0.3) is 0 Å². The molecule has 2 aliphatic carbocycles. The lowest BCUT2D eigenvalue weighted by Crippen LogP contribution is -2.44. The molecule has 0 aromatic heterocycles. The van der Waals surface area contributed by atoms with Crippen LogP contribution in [0.15, 0.2) is 24.3 Å². The average molecular weight is 304 g/mol. The van der Waals surface area contributed by atoms with Crippen LogP contribution in [0.2, 0.25) is 0 Å². The van der Waals surface area contributed by atoms with Crippen LogP contribution in [0, 0.1) is 5.92 Å². The molecule has 1 unspecified atom stereocenters. The van der Waals surface area contributed by atoms with Gasteiger partial charge in [-0.1, -0.05) is 12.1 Å². The zero-order valence-electron chi connectivity index (χ0n) is 13.0. The summed E-state index contributed by atoms with van der Waals surface area (Å²) in [6.07, 6.45) is 4.40. The Kier molecular flexibility index (Phi) is 4.52. The predicted octanol–water partition coefficient (Wildman–Crippen LogP) is 2.31. The van der Waals surface area contributed by atoms with E-state index in [0.29, 0.717) is 18.5 Å². The zero-order valence-corrected chi connectivity index (χ0v) is 13.0. The molecule has 2 saturated carbocycles. The predicted molar refractivity (Wildman–Crippen MR) is 83.8 cm³/mol. The third-order valence-corrected chi connectivity index (χ3v) is 4.44. The Morgan fingerprint density at radius 2 is 2.00 bits per heavy atom. The van der Waals surface area contributed by atoms with Gasteiger partial charge >= 0.3 is 6.03 Å². The number of hydrogen-bond donors (Lipinski definition) is 2. The lowest BCUT2D eigenvalue weighted by Gasteiger charge is -2.26. The summed E-state index contributed by atoms with van der Waals surface area (Å²) in [6, 6.07) is 8.23. The molecule has 22 heavy (non-hydrogen) atoms. The number of carbonyl (C=O) groups is 1. The van der Waals surface area contributed by atoms with Gasteiger partial charge in [0.1, 0.15) is 5.75 Å². The van der Waals surface area contributed by atoms with Crippen LogP contribution in [0.25, 0.3) is 0 Å². The monoisotopic (exact) mass is 304 g/mol. The molecule has 5 heteroatoms. The van der Waals surface area contributed by atoms with Crippen molar-refractivity contribution in [2.24, 2.45) is 5.92 Å². The van der Waals surface area contributed by atoms with Crippen molar-refractivity contribution in [1.82, 2.24) is 10.2 Å². The van der Waals surface area contributed by atoms with Crippen LogP contribution in [0.5, 0.6) is 5.75 Å². The minimum absolute atomic E-state index is 0.0144. The summed E-state index contributed by atoms with van der Waals surface area (Å²) < 4.78 is 5.19. The van der Waals surface area contributed by atoms with Crippen molar-refractivity contribution in [3.63, 3.8) is 0 Å². The second-order valence-electron chi connectivity index (χ2n) is 6.19. The van der Waals surface area contributed by atoms with Gasteiger partial charge in [-0.25, -0.2) is 4.79 Å². The van der Waals surface area contributed by atoms with Gasteiger partial charge in [-0.2, -0.15) is 0 Å². The molecule has 0 bridgehead atoms. The highest BCUT2D eigenvalue weighted by molar-refractivity contribution is 5.75. The van der Waals surface area contributed by atoms with Crippen molar-refractivity contribution in [3.05, 3.63) is 29.8 Å². The molecule has 0 spiro atoms. The van der Waals surface area contributed by atoms with E-state index in [4.69, 9.17) is 9.84 Å². The van der Waals surface area contributed by atoms with Crippen LogP contribution in [-0.4, -0.2) is 42.3 Å². The summed E-state index contributed by atoms with van der Waals surface area (Å²) in [4.78, 5) is 14.3. The Bertz CT molecular complexity index is 509. The van der Waals surface area contributed by atoms with Crippen LogP contribution in [0.1, 0.15) is 37.3 Å². The number of amides is 2. The van der Waals surface area contributed by atoms with Crippen LogP contribution in [0.4, 0.5) is 4.79 Å². The first-order chi connectivity index (χ1) is 10.7. The van der Waals surface area contributed by atoms with E-state index in [1.54, 1.807) is 12.0 Å². The molecule has 0 heterocycles. The molecule has 0 saturated heterocycles. The Morgan fingerprint density at radius 1 is 1.32 bits per heavy atom. The molecule has 120 valence electrons.